The van der Waals surface area contributed by atoms with Crippen LogP contribution >= 0.6 is 11.6 Å². The molecule has 15 heavy (non-hydrogen) atoms. The fourth-order valence-electron chi connectivity index (χ4n) is 0.575. The number of halogens is 1. The molecule has 0 saturated carbocycles. The summed E-state index contributed by atoms with van der Waals surface area (Å²) in [5.74, 6) is -0.955. The summed E-state index contributed by atoms with van der Waals surface area (Å²) in [7, 11) is 0. The van der Waals surface area contributed by atoms with Crippen LogP contribution in [0.2, 0.25) is 0 Å². The van der Waals surface area contributed by atoms with Crippen LogP contribution in [0.3, 0.4) is 0 Å². The average Bonchev–Trinajstić information content (AvgIpc) is 2.14. The lowest BCUT2D eigenvalue weighted by molar-refractivity contribution is -0.138. The summed E-state index contributed by atoms with van der Waals surface area (Å²) < 4.78 is 4.17. The van der Waals surface area contributed by atoms with Gasteiger partial charge >= 0.3 is 11.4 Å². The Morgan fingerprint density at radius 2 is 2.07 bits per heavy atom. The number of ether oxygens (including phenoxy) is 1. The fourth-order valence-corrected chi connectivity index (χ4v) is 0.684. The van der Waals surface area contributed by atoms with Crippen molar-refractivity contribution in [3.8, 4) is 0 Å². The van der Waals surface area contributed by atoms with Crippen molar-refractivity contribution in [1.82, 2.24) is 0 Å². The predicted octanol–water partition coefficient (Wildman–Crippen LogP) is 0.519. The van der Waals surface area contributed by atoms with Crippen LogP contribution in [0.1, 0.15) is 19.8 Å². The minimum Gasteiger partial charge on any atom is -0.480 e. The van der Waals surface area contributed by atoms with E-state index < -0.39 is 17.4 Å². The SMILES string of the molecule is CCOC(=O)Cl.NCCCC(N)C(=O)O. The van der Waals surface area contributed by atoms with E-state index in [0.717, 1.165) is 0 Å². The van der Waals surface area contributed by atoms with Crippen LogP contribution in [0.4, 0.5) is 4.79 Å². The molecule has 0 aromatic rings. The first-order valence-electron chi connectivity index (χ1n) is 4.46. The van der Waals surface area contributed by atoms with E-state index in [1.165, 1.54) is 0 Å². The van der Waals surface area contributed by atoms with Crippen molar-refractivity contribution in [3.63, 3.8) is 0 Å². The number of nitrogens with two attached hydrogens (primary N) is 2. The van der Waals surface area contributed by atoms with Gasteiger partial charge in [-0.15, -0.1) is 0 Å². The molecule has 0 bridgehead atoms. The van der Waals surface area contributed by atoms with Crippen molar-refractivity contribution < 1.29 is 19.4 Å². The Bertz CT molecular complexity index is 189. The van der Waals surface area contributed by atoms with Gasteiger partial charge in [-0.25, -0.2) is 4.79 Å². The molecule has 0 aliphatic heterocycles. The van der Waals surface area contributed by atoms with E-state index in [-0.39, 0.29) is 0 Å². The maximum atomic E-state index is 10.0. The maximum Gasteiger partial charge on any atom is 0.403 e. The summed E-state index contributed by atoms with van der Waals surface area (Å²) in [5.41, 5.74) is 9.54. The van der Waals surface area contributed by atoms with Gasteiger partial charge in [-0.1, -0.05) is 0 Å². The molecule has 0 rings (SSSR count). The van der Waals surface area contributed by atoms with E-state index in [1.807, 2.05) is 0 Å². The van der Waals surface area contributed by atoms with Crippen LogP contribution in [-0.2, 0) is 9.53 Å². The van der Waals surface area contributed by atoms with Crippen molar-refractivity contribution >= 4 is 23.0 Å². The maximum absolute atomic E-state index is 10.0. The minimum absolute atomic E-state index is 0.350. The van der Waals surface area contributed by atoms with Gasteiger partial charge in [-0.2, -0.15) is 0 Å². The molecular formula is C8H17ClN2O4. The highest BCUT2D eigenvalue weighted by Crippen LogP contribution is 1.91. The van der Waals surface area contributed by atoms with Gasteiger partial charge in [0.25, 0.3) is 0 Å². The molecule has 1 unspecified atom stereocenters. The lowest BCUT2D eigenvalue weighted by Gasteiger charge is -2.02. The number of carboxylic acid groups (broad SMARTS) is 1. The molecule has 0 fully saturated rings. The second-order valence-corrected chi connectivity index (χ2v) is 2.85. The first-order chi connectivity index (χ1) is 6.95. The van der Waals surface area contributed by atoms with E-state index in [1.54, 1.807) is 6.92 Å². The molecule has 0 aromatic carbocycles. The van der Waals surface area contributed by atoms with Gasteiger partial charge in [-0.3, -0.25) is 4.79 Å². The molecule has 7 heteroatoms. The molecule has 0 saturated heterocycles. The molecule has 0 aromatic heterocycles. The standard InChI is InChI=1S/C5H12N2O2.C3H5ClO2/c6-3-1-2-4(7)5(8)9;1-2-6-3(4)5/h4H,1-3,6-7H2,(H,8,9);2H2,1H3. The van der Waals surface area contributed by atoms with Crippen LogP contribution in [0, 0.1) is 0 Å². The van der Waals surface area contributed by atoms with Crippen LogP contribution in [-0.4, -0.2) is 35.7 Å². The van der Waals surface area contributed by atoms with Crippen molar-refractivity contribution in [2.45, 2.75) is 25.8 Å². The molecule has 90 valence electrons. The first-order valence-corrected chi connectivity index (χ1v) is 4.84. The molecule has 0 amide bonds. The Balaban J connectivity index is 0. The van der Waals surface area contributed by atoms with Crippen molar-refractivity contribution in [2.75, 3.05) is 13.2 Å². The van der Waals surface area contributed by atoms with E-state index in [0.29, 0.717) is 26.0 Å². The molecular weight excluding hydrogens is 224 g/mol. The second-order valence-electron chi connectivity index (χ2n) is 2.55. The minimum atomic E-state index is -0.955. The van der Waals surface area contributed by atoms with Gasteiger partial charge in [0.15, 0.2) is 0 Å². The molecule has 1 atom stereocenters. The number of rotatable bonds is 5. The monoisotopic (exact) mass is 240 g/mol. The first kappa shape index (κ1) is 16.6. The lowest BCUT2D eigenvalue weighted by Crippen LogP contribution is -2.30. The number of carbonyl (C=O) groups is 2. The smallest absolute Gasteiger partial charge is 0.403 e. The highest BCUT2D eigenvalue weighted by Gasteiger charge is 2.08. The van der Waals surface area contributed by atoms with Crippen LogP contribution in [0.5, 0.6) is 0 Å². The summed E-state index contributed by atoms with van der Waals surface area (Å²) in [6.45, 7) is 2.55. The van der Waals surface area contributed by atoms with Gasteiger partial charge in [-0.05, 0) is 26.3 Å². The quantitative estimate of drug-likeness (QED) is 0.604. The predicted molar refractivity (Wildman–Crippen MR) is 56.8 cm³/mol. The van der Waals surface area contributed by atoms with Crippen LogP contribution < -0.4 is 11.5 Å². The van der Waals surface area contributed by atoms with Crippen LogP contribution in [0.15, 0.2) is 0 Å². The van der Waals surface area contributed by atoms with Gasteiger partial charge in [0.2, 0.25) is 0 Å². The van der Waals surface area contributed by atoms with Crippen molar-refractivity contribution in [3.05, 3.63) is 0 Å². The average molecular weight is 241 g/mol. The van der Waals surface area contributed by atoms with Gasteiger partial charge in [0, 0.05) is 11.6 Å². The molecule has 0 radical (unpaired) electrons. The zero-order valence-corrected chi connectivity index (χ0v) is 9.37. The fraction of sp³-hybridized carbons (Fsp3) is 0.750. The van der Waals surface area contributed by atoms with E-state index in [2.05, 4.69) is 4.74 Å². The number of hydrogen-bond donors (Lipinski definition) is 3. The lowest BCUT2D eigenvalue weighted by atomic mass is 10.2. The molecule has 5 N–H and O–H groups in total. The highest BCUT2D eigenvalue weighted by atomic mass is 35.5. The Morgan fingerprint density at radius 3 is 2.27 bits per heavy atom. The highest BCUT2D eigenvalue weighted by molar-refractivity contribution is 6.61. The second kappa shape index (κ2) is 11.2. The summed E-state index contributed by atoms with van der Waals surface area (Å²) in [6, 6.07) is -0.742. The zero-order chi connectivity index (χ0) is 12.3. The Labute approximate surface area is 93.5 Å². The third kappa shape index (κ3) is 15.9. The Morgan fingerprint density at radius 1 is 1.53 bits per heavy atom. The van der Waals surface area contributed by atoms with Crippen molar-refractivity contribution in [1.29, 1.82) is 0 Å². The number of hydrogen-bond acceptors (Lipinski definition) is 5. The van der Waals surface area contributed by atoms with Gasteiger partial charge in [0.1, 0.15) is 6.04 Å². The summed E-state index contributed by atoms with van der Waals surface area (Å²) >= 11 is 4.72. The molecule has 6 nitrogen and oxygen atoms in total. The van der Waals surface area contributed by atoms with Crippen molar-refractivity contribution in [2.24, 2.45) is 11.5 Å². The summed E-state index contributed by atoms with van der Waals surface area (Å²) in [4.78, 5) is 19.6. The van der Waals surface area contributed by atoms with Crippen LogP contribution in [0.25, 0.3) is 0 Å². The Hall–Kier alpha value is -0.850. The molecule has 0 aliphatic carbocycles. The molecule has 0 spiro atoms. The normalized spacial score (nSPS) is 10.9. The number of carboxylic acids is 1. The zero-order valence-electron chi connectivity index (χ0n) is 8.61. The number of aliphatic carboxylic acids is 1. The number of carbonyl (C=O) groups excluding carboxylic acids is 1. The van der Waals surface area contributed by atoms with Gasteiger partial charge < -0.3 is 21.3 Å². The largest absolute Gasteiger partial charge is 0.480 e. The van der Waals surface area contributed by atoms with E-state index in [9.17, 15) is 9.59 Å². The third-order valence-corrected chi connectivity index (χ3v) is 1.40. The Kier molecular flexibility index (Phi) is 12.4. The molecule has 0 aliphatic rings. The van der Waals surface area contributed by atoms with E-state index in [4.69, 9.17) is 28.2 Å². The summed E-state index contributed by atoms with van der Waals surface area (Å²) in [5, 5.41) is 8.24. The summed E-state index contributed by atoms with van der Waals surface area (Å²) in [6.07, 6.45) is 1.14. The van der Waals surface area contributed by atoms with Gasteiger partial charge in [0.05, 0.1) is 6.61 Å². The van der Waals surface area contributed by atoms with E-state index >= 15 is 0 Å². The molecule has 0 heterocycles. The third-order valence-electron chi connectivity index (χ3n) is 1.29. The topological polar surface area (TPSA) is 116 Å².